The Morgan fingerprint density at radius 2 is 1.63 bits per heavy atom. The molecule has 0 unspecified atom stereocenters. The number of halogens is 6. The average Bonchev–Trinajstić information content (AvgIpc) is 2.75. The second-order valence-corrected chi connectivity index (χ2v) is 8.47. The highest BCUT2D eigenvalue weighted by Gasteiger charge is 2.40. The molecule has 35 heavy (non-hydrogen) atoms. The average molecular weight is 505 g/mol. The van der Waals surface area contributed by atoms with E-state index in [1.54, 1.807) is 14.7 Å². The first-order valence-corrected chi connectivity index (χ1v) is 10.6. The highest BCUT2D eigenvalue weighted by atomic mass is 19.4. The van der Waals surface area contributed by atoms with Crippen LogP contribution in [0.5, 0.6) is 0 Å². The van der Waals surface area contributed by atoms with Gasteiger partial charge in [-0.3, -0.25) is 14.5 Å². The summed E-state index contributed by atoms with van der Waals surface area (Å²) in [5.74, 6) is -0.271. The Balaban J connectivity index is 1.28. The number of rotatable bonds is 4. The van der Waals surface area contributed by atoms with Gasteiger partial charge in [-0.1, -0.05) is 0 Å². The van der Waals surface area contributed by atoms with Crippen molar-refractivity contribution in [2.24, 2.45) is 5.92 Å². The first-order chi connectivity index (χ1) is 16.3. The van der Waals surface area contributed by atoms with Gasteiger partial charge in [0.05, 0.1) is 17.2 Å². The number of H-pyrrole nitrogens is 1. The van der Waals surface area contributed by atoms with E-state index in [0.717, 1.165) is 12.4 Å². The van der Waals surface area contributed by atoms with E-state index >= 15 is 0 Å². The van der Waals surface area contributed by atoms with Crippen molar-refractivity contribution in [3.63, 3.8) is 0 Å². The minimum absolute atomic E-state index is 0.0640. The van der Waals surface area contributed by atoms with Gasteiger partial charge in [-0.2, -0.15) is 31.4 Å². The lowest BCUT2D eigenvalue weighted by Gasteiger charge is -2.42. The van der Waals surface area contributed by atoms with E-state index in [1.807, 2.05) is 5.10 Å². The van der Waals surface area contributed by atoms with Gasteiger partial charge in [-0.25, -0.2) is 15.1 Å². The lowest BCUT2D eigenvalue weighted by molar-refractivity contribution is -0.142. The lowest BCUT2D eigenvalue weighted by atomic mass is 9.97. The number of carbonyl (C=O) groups is 1. The van der Waals surface area contributed by atoms with Crippen molar-refractivity contribution in [1.29, 1.82) is 0 Å². The van der Waals surface area contributed by atoms with Crippen LogP contribution in [0, 0.1) is 12.8 Å². The van der Waals surface area contributed by atoms with Crippen LogP contribution < -0.4 is 10.5 Å². The second kappa shape index (κ2) is 9.09. The molecule has 2 aliphatic rings. The fourth-order valence-electron chi connectivity index (χ4n) is 4.15. The van der Waals surface area contributed by atoms with Gasteiger partial charge in [0.15, 0.2) is 0 Å². The van der Waals surface area contributed by atoms with E-state index in [1.165, 1.54) is 6.92 Å². The predicted molar refractivity (Wildman–Crippen MR) is 109 cm³/mol. The van der Waals surface area contributed by atoms with Crippen LogP contribution >= 0.6 is 0 Å². The fraction of sp³-hybridized carbons (Fsp3) is 0.550. The van der Waals surface area contributed by atoms with Crippen molar-refractivity contribution < 1.29 is 31.1 Å². The third-order valence-corrected chi connectivity index (χ3v) is 6.13. The van der Waals surface area contributed by atoms with Crippen LogP contribution in [0.1, 0.15) is 22.4 Å². The molecule has 0 spiro atoms. The molecule has 190 valence electrons. The van der Waals surface area contributed by atoms with Crippen molar-refractivity contribution in [2.45, 2.75) is 25.8 Å². The molecule has 4 heterocycles. The number of hydrogen-bond donors (Lipinski definition) is 1. The molecule has 2 aromatic rings. The standard InChI is InChI=1S/C20H21F6N7O2/c1-11-14(29-30-16(34)15(11)20(24,25)26)10-31-8-12(9-31)17(35)32-2-4-33(5-3-32)18-27-6-13(7-28-18)19(21,22)23/h6-7,12H,2-5,8-10H2,1H3,(H,30,34). The molecule has 0 atom stereocenters. The molecule has 0 bridgehead atoms. The van der Waals surface area contributed by atoms with Crippen LogP contribution in [0.2, 0.25) is 0 Å². The van der Waals surface area contributed by atoms with E-state index in [4.69, 9.17) is 0 Å². The predicted octanol–water partition coefficient (Wildman–Crippen LogP) is 1.69. The van der Waals surface area contributed by atoms with Gasteiger partial charge in [0, 0.05) is 58.2 Å². The Morgan fingerprint density at radius 3 is 2.17 bits per heavy atom. The maximum atomic E-state index is 13.1. The number of nitrogens with one attached hydrogen (secondary N) is 1. The van der Waals surface area contributed by atoms with Crippen LogP contribution in [0.15, 0.2) is 17.2 Å². The van der Waals surface area contributed by atoms with Crippen LogP contribution in [0.4, 0.5) is 32.3 Å². The third kappa shape index (κ3) is 5.23. The van der Waals surface area contributed by atoms with E-state index < -0.39 is 29.0 Å². The SMILES string of the molecule is Cc1c(CN2CC(C(=O)N3CCN(c4ncc(C(F)(F)F)cn4)CC3)C2)n[nH]c(=O)c1C(F)(F)F. The Labute approximate surface area is 194 Å². The molecule has 15 heteroatoms. The zero-order valence-electron chi connectivity index (χ0n) is 18.4. The molecule has 0 aromatic carbocycles. The van der Waals surface area contributed by atoms with Crippen LogP contribution in [0.3, 0.4) is 0 Å². The summed E-state index contributed by atoms with van der Waals surface area (Å²) in [6, 6.07) is 0. The zero-order chi connectivity index (χ0) is 25.5. The summed E-state index contributed by atoms with van der Waals surface area (Å²) in [6.07, 6.45) is -7.87. The second-order valence-electron chi connectivity index (χ2n) is 8.47. The maximum Gasteiger partial charge on any atom is 0.422 e. The number of aromatic amines is 1. The van der Waals surface area contributed by atoms with E-state index in [9.17, 15) is 35.9 Å². The Morgan fingerprint density at radius 1 is 1.03 bits per heavy atom. The Kier molecular flexibility index (Phi) is 6.46. The first-order valence-electron chi connectivity index (χ1n) is 10.6. The molecule has 2 aliphatic heterocycles. The largest absolute Gasteiger partial charge is 0.422 e. The number of likely N-dealkylation sites (tertiary alicyclic amines) is 1. The van der Waals surface area contributed by atoms with Gasteiger partial charge in [0.25, 0.3) is 5.56 Å². The van der Waals surface area contributed by atoms with Crippen molar-refractivity contribution in [3.8, 4) is 0 Å². The summed E-state index contributed by atoms with van der Waals surface area (Å²) in [5.41, 5.74) is -3.65. The minimum Gasteiger partial charge on any atom is -0.339 e. The van der Waals surface area contributed by atoms with Gasteiger partial charge in [0.1, 0.15) is 5.56 Å². The van der Waals surface area contributed by atoms with Crippen molar-refractivity contribution in [2.75, 3.05) is 44.2 Å². The summed E-state index contributed by atoms with van der Waals surface area (Å²) < 4.78 is 77.4. The quantitative estimate of drug-likeness (QED) is 0.632. The van der Waals surface area contributed by atoms with Gasteiger partial charge in [0.2, 0.25) is 11.9 Å². The molecular formula is C20H21F6N7O2. The summed E-state index contributed by atoms with van der Waals surface area (Å²) >= 11 is 0. The highest BCUT2D eigenvalue weighted by molar-refractivity contribution is 5.80. The molecule has 0 aliphatic carbocycles. The number of alkyl halides is 6. The molecule has 1 N–H and O–H groups in total. The van der Waals surface area contributed by atoms with Crippen LogP contribution in [0.25, 0.3) is 0 Å². The van der Waals surface area contributed by atoms with Gasteiger partial charge < -0.3 is 9.80 Å². The van der Waals surface area contributed by atoms with Crippen LogP contribution in [-0.4, -0.2) is 75.1 Å². The maximum absolute atomic E-state index is 13.1. The van der Waals surface area contributed by atoms with Gasteiger partial charge >= 0.3 is 12.4 Å². The summed E-state index contributed by atoms with van der Waals surface area (Å²) in [5, 5.41) is 5.62. The third-order valence-electron chi connectivity index (χ3n) is 6.13. The number of piperazine rings is 1. The fourth-order valence-corrected chi connectivity index (χ4v) is 4.15. The monoisotopic (exact) mass is 505 g/mol. The van der Waals surface area contributed by atoms with E-state index in [0.29, 0.717) is 39.3 Å². The number of carbonyl (C=O) groups excluding carboxylic acids is 1. The molecule has 9 nitrogen and oxygen atoms in total. The number of amides is 1. The molecule has 2 aromatic heterocycles. The molecule has 0 radical (unpaired) electrons. The summed E-state index contributed by atoms with van der Waals surface area (Å²) in [7, 11) is 0. The topological polar surface area (TPSA) is 98.3 Å². The first kappa shape index (κ1) is 24.9. The number of aromatic nitrogens is 4. The van der Waals surface area contributed by atoms with Gasteiger partial charge in [-0.05, 0) is 12.5 Å². The van der Waals surface area contributed by atoms with E-state index in [2.05, 4.69) is 15.1 Å². The summed E-state index contributed by atoms with van der Waals surface area (Å²) in [6.45, 7) is 3.33. The minimum atomic E-state index is -4.80. The molecule has 4 rings (SSSR count). The summed E-state index contributed by atoms with van der Waals surface area (Å²) in [4.78, 5) is 37.0. The smallest absolute Gasteiger partial charge is 0.339 e. The van der Waals surface area contributed by atoms with Gasteiger partial charge in [-0.15, -0.1) is 0 Å². The normalized spacial score (nSPS) is 18.0. The van der Waals surface area contributed by atoms with Crippen molar-refractivity contribution in [3.05, 3.63) is 45.1 Å². The Hall–Kier alpha value is -3.23. The molecule has 1 amide bonds. The van der Waals surface area contributed by atoms with Crippen molar-refractivity contribution in [1.82, 2.24) is 30.0 Å². The molecule has 2 saturated heterocycles. The zero-order valence-corrected chi connectivity index (χ0v) is 18.4. The molecule has 0 saturated carbocycles. The van der Waals surface area contributed by atoms with Crippen LogP contribution in [-0.2, 0) is 23.7 Å². The molecular weight excluding hydrogens is 484 g/mol. The Bertz CT molecular complexity index is 1130. The highest BCUT2D eigenvalue weighted by Crippen LogP contribution is 2.31. The van der Waals surface area contributed by atoms with E-state index in [-0.39, 0.29) is 35.6 Å². The number of hydrogen-bond acceptors (Lipinski definition) is 7. The van der Waals surface area contributed by atoms with Crippen molar-refractivity contribution >= 4 is 11.9 Å². The number of anilines is 1. The number of nitrogens with zero attached hydrogens (tertiary/aromatic N) is 6. The lowest BCUT2D eigenvalue weighted by Crippen LogP contribution is -2.57. The molecule has 2 fully saturated rings.